The molecule has 1 rings (SSSR count). The molecular formula is C13H20FNO. The largest absolute Gasteiger partial charge is 0.496 e. The Morgan fingerprint density at radius 1 is 1.44 bits per heavy atom. The SMILES string of the molecule is CCC(C)CC(N)c1cc(F)ccc1OC. The predicted molar refractivity (Wildman–Crippen MR) is 64.0 cm³/mol. The number of halogens is 1. The number of nitrogens with two attached hydrogens (primary N) is 1. The molecule has 0 amide bonds. The second kappa shape index (κ2) is 5.85. The van der Waals surface area contributed by atoms with Crippen molar-refractivity contribution in [2.24, 2.45) is 11.7 Å². The van der Waals surface area contributed by atoms with E-state index in [0.29, 0.717) is 11.7 Å². The molecule has 2 unspecified atom stereocenters. The first-order valence-electron chi connectivity index (χ1n) is 5.67. The zero-order chi connectivity index (χ0) is 12.1. The predicted octanol–water partition coefficient (Wildman–Crippen LogP) is 3.27. The number of ether oxygens (including phenoxy) is 1. The lowest BCUT2D eigenvalue weighted by Crippen LogP contribution is -2.15. The van der Waals surface area contributed by atoms with E-state index in [1.54, 1.807) is 13.2 Å². The van der Waals surface area contributed by atoms with Gasteiger partial charge in [0, 0.05) is 11.6 Å². The first-order valence-corrected chi connectivity index (χ1v) is 5.67. The fraction of sp³-hybridized carbons (Fsp3) is 0.538. The van der Waals surface area contributed by atoms with Crippen molar-refractivity contribution in [2.75, 3.05) is 7.11 Å². The molecule has 1 aromatic carbocycles. The minimum atomic E-state index is -0.268. The quantitative estimate of drug-likeness (QED) is 0.834. The number of hydrogen-bond donors (Lipinski definition) is 1. The minimum Gasteiger partial charge on any atom is -0.496 e. The summed E-state index contributed by atoms with van der Waals surface area (Å²) in [5, 5.41) is 0. The van der Waals surface area contributed by atoms with Crippen LogP contribution in [0.25, 0.3) is 0 Å². The molecule has 0 spiro atoms. The van der Waals surface area contributed by atoms with Gasteiger partial charge in [-0.1, -0.05) is 20.3 Å². The van der Waals surface area contributed by atoms with E-state index in [1.807, 2.05) is 0 Å². The highest BCUT2D eigenvalue weighted by Gasteiger charge is 2.15. The van der Waals surface area contributed by atoms with Gasteiger partial charge in [0.15, 0.2) is 0 Å². The highest BCUT2D eigenvalue weighted by molar-refractivity contribution is 5.36. The number of rotatable bonds is 5. The maximum Gasteiger partial charge on any atom is 0.123 e. The Hall–Kier alpha value is -1.09. The van der Waals surface area contributed by atoms with E-state index >= 15 is 0 Å². The molecule has 2 atom stereocenters. The molecule has 0 fully saturated rings. The molecule has 0 aliphatic rings. The molecule has 0 radical (unpaired) electrons. The molecular weight excluding hydrogens is 205 g/mol. The Morgan fingerprint density at radius 3 is 2.69 bits per heavy atom. The Labute approximate surface area is 96.6 Å². The highest BCUT2D eigenvalue weighted by atomic mass is 19.1. The van der Waals surface area contributed by atoms with Crippen LogP contribution in [0, 0.1) is 11.7 Å². The maximum absolute atomic E-state index is 13.2. The van der Waals surface area contributed by atoms with Crippen molar-refractivity contribution in [1.82, 2.24) is 0 Å². The third-order valence-corrected chi connectivity index (χ3v) is 2.94. The molecule has 90 valence electrons. The van der Waals surface area contributed by atoms with Gasteiger partial charge in [-0.25, -0.2) is 4.39 Å². The van der Waals surface area contributed by atoms with Gasteiger partial charge >= 0.3 is 0 Å². The fourth-order valence-electron chi connectivity index (χ4n) is 1.72. The summed E-state index contributed by atoms with van der Waals surface area (Å²) >= 11 is 0. The van der Waals surface area contributed by atoms with Crippen molar-refractivity contribution >= 4 is 0 Å². The Balaban J connectivity index is 2.88. The average Bonchev–Trinajstić information content (AvgIpc) is 2.28. The topological polar surface area (TPSA) is 35.2 Å². The van der Waals surface area contributed by atoms with Crippen LogP contribution in [-0.2, 0) is 0 Å². The third-order valence-electron chi connectivity index (χ3n) is 2.94. The van der Waals surface area contributed by atoms with Crippen molar-refractivity contribution in [3.05, 3.63) is 29.6 Å². The van der Waals surface area contributed by atoms with Crippen molar-refractivity contribution in [3.8, 4) is 5.75 Å². The number of methoxy groups -OCH3 is 1. The summed E-state index contributed by atoms with van der Waals surface area (Å²) in [7, 11) is 1.58. The summed E-state index contributed by atoms with van der Waals surface area (Å²) in [5.74, 6) is 0.926. The van der Waals surface area contributed by atoms with Crippen LogP contribution in [-0.4, -0.2) is 7.11 Å². The van der Waals surface area contributed by atoms with Gasteiger partial charge in [0.1, 0.15) is 11.6 Å². The lowest BCUT2D eigenvalue weighted by Gasteiger charge is -2.18. The lowest BCUT2D eigenvalue weighted by molar-refractivity contribution is 0.393. The van der Waals surface area contributed by atoms with E-state index in [9.17, 15) is 4.39 Å². The van der Waals surface area contributed by atoms with E-state index < -0.39 is 0 Å². The Morgan fingerprint density at radius 2 is 2.12 bits per heavy atom. The van der Waals surface area contributed by atoms with E-state index in [2.05, 4.69) is 13.8 Å². The summed E-state index contributed by atoms with van der Waals surface area (Å²) in [6.07, 6.45) is 1.92. The van der Waals surface area contributed by atoms with E-state index in [0.717, 1.165) is 18.4 Å². The van der Waals surface area contributed by atoms with Gasteiger partial charge in [0.25, 0.3) is 0 Å². The molecule has 2 N–H and O–H groups in total. The summed E-state index contributed by atoms with van der Waals surface area (Å²) in [5.41, 5.74) is 6.82. The van der Waals surface area contributed by atoms with Crippen LogP contribution in [0.2, 0.25) is 0 Å². The molecule has 0 aliphatic heterocycles. The van der Waals surface area contributed by atoms with Crippen molar-refractivity contribution < 1.29 is 9.13 Å². The number of benzene rings is 1. The van der Waals surface area contributed by atoms with Gasteiger partial charge in [-0.3, -0.25) is 0 Å². The second-order valence-electron chi connectivity index (χ2n) is 4.24. The van der Waals surface area contributed by atoms with Crippen LogP contribution >= 0.6 is 0 Å². The molecule has 16 heavy (non-hydrogen) atoms. The molecule has 0 saturated heterocycles. The molecule has 0 bridgehead atoms. The second-order valence-corrected chi connectivity index (χ2v) is 4.24. The van der Waals surface area contributed by atoms with Gasteiger partial charge in [-0.2, -0.15) is 0 Å². The summed E-state index contributed by atoms with van der Waals surface area (Å²) in [6, 6.07) is 4.31. The minimum absolute atomic E-state index is 0.166. The van der Waals surface area contributed by atoms with E-state index in [4.69, 9.17) is 10.5 Å². The Bertz CT molecular complexity index is 341. The van der Waals surface area contributed by atoms with Crippen LogP contribution in [0.3, 0.4) is 0 Å². The van der Waals surface area contributed by atoms with Crippen LogP contribution < -0.4 is 10.5 Å². The Kier molecular flexibility index (Phi) is 4.74. The third kappa shape index (κ3) is 3.20. The van der Waals surface area contributed by atoms with Gasteiger partial charge in [-0.05, 0) is 30.5 Å². The number of hydrogen-bond acceptors (Lipinski definition) is 2. The molecule has 0 aromatic heterocycles. The summed E-state index contributed by atoms with van der Waals surface area (Å²) < 4.78 is 18.3. The average molecular weight is 225 g/mol. The fourth-order valence-corrected chi connectivity index (χ4v) is 1.72. The molecule has 1 aromatic rings. The maximum atomic E-state index is 13.2. The molecule has 0 heterocycles. The smallest absolute Gasteiger partial charge is 0.123 e. The van der Waals surface area contributed by atoms with Gasteiger partial charge < -0.3 is 10.5 Å². The van der Waals surface area contributed by atoms with Crippen LogP contribution in [0.1, 0.15) is 38.3 Å². The lowest BCUT2D eigenvalue weighted by atomic mass is 9.94. The van der Waals surface area contributed by atoms with E-state index in [1.165, 1.54) is 12.1 Å². The normalized spacial score (nSPS) is 14.6. The zero-order valence-electron chi connectivity index (χ0n) is 10.2. The standard InChI is InChI=1S/C13H20FNO/c1-4-9(2)7-12(15)11-8-10(14)5-6-13(11)16-3/h5-6,8-9,12H,4,7,15H2,1-3H3. The highest BCUT2D eigenvalue weighted by Crippen LogP contribution is 2.29. The van der Waals surface area contributed by atoms with Gasteiger partial charge in [0.2, 0.25) is 0 Å². The van der Waals surface area contributed by atoms with Gasteiger partial charge in [-0.15, -0.1) is 0 Å². The first-order chi connectivity index (χ1) is 7.58. The first kappa shape index (κ1) is 13.0. The molecule has 0 saturated carbocycles. The van der Waals surface area contributed by atoms with Crippen LogP contribution in [0.4, 0.5) is 4.39 Å². The molecule has 0 aliphatic carbocycles. The summed E-state index contributed by atoms with van der Waals surface area (Å²) in [6.45, 7) is 4.27. The van der Waals surface area contributed by atoms with Crippen molar-refractivity contribution in [1.29, 1.82) is 0 Å². The van der Waals surface area contributed by atoms with Crippen LogP contribution in [0.5, 0.6) is 5.75 Å². The van der Waals surface area contributed by atoms with E-state index in [-0.39, 0.29) is 11.9 Å². The van der Waals surface area contributed by atoms with Crippen molar-refractivity contribution in [3.63, 3.8) is 0 Å². The molecule has 3 heteroatoms. The van der Waals surface area contributed by atoms with Gasteiger partial charge in [0.05, 0.1) is 7.11 Å². The molecule has 2 nitrogen and oxygen atoms in total. The van der Waals surface area contributed by atoms with Crippen molar-refractivity contribution in [2.45, 2.75) is 32.7 Å². The monoisotopic (exact) mass is 225 g/mol. The van der Waals surface area contributed by atoms with Crippen LogP contribution in [0.15, 0.2) is 18.2 Å². The zero-order valence-corrected chi connectivity index (χ0v) is 10.2. The summed E-state index contributed by atoms with van der Waals surface area (Å²) in [4.78, 5) is 0.